The fourth-order valence-electron chi connectivity index (χ4n) is 8.41. The third-order valence-corrected chi connectivity index (χ3v) is 9.89. The summed E-state index contributed by atoms with van der Waals surface area (Å²) in [6.45, 7) is 10.00. The lowest BCUT2D eigenvalue weighted by Gasteiger charge is -2.62. The molecule has 4 saturated carbocycles. The second-order valence-electron chi connectivity index (χ2n) is 11.0. The van der Waals surface area contributed by atoms with Gasteiger partial charge in [-0.3, -0.25) is 4.79 Å². The van der Waals surface area contributed by atoms with Gasteiger partial charge >= 0.3 is 0 Å². The molecule has 3 heteroatoms. The van der Waals surface area contributed by atoms with Crippen molar-refractivity contribution in [3.8, 4) is 0 Å². The van der Waals surface area contributed by atoms with Crippen molar-refractivity contribution in [3.63, 3.8) is 0 Å². The monoisotopic (exact) mass is 376 g/mol. The molecule has 0 aromatic carbocycles. The summed E-state index contributed by atoms with van der Waals surface area (Å²) < 4.78 is 5.62. The summed E-state index contributed by atoms with van der Waals surface area (Å²) in [7, 11) is 0. The first kappa shape index (κ1) is 19.9. The Morgan fingerprint density at radius 2 is 1.74 bits per heavy atom. The van der Waals surface area contributed by atoms with Crippen LogP contribution in [0.15, 0.2) is 0 Å². The van der Waals surface area contributed by atoms with Gasteiger partial charge in [0.1, 0.15) is 5.78 Å². The summed E-state index contributed by atoms with van der Waals surface area (Å²) >= 11 is 0. The zero-order chi connectivity index (χ0) is 19.4. The Balaban J connectivity index is 1.53. The van der Waals surface area contributed by atoms with Crippen LogP contribution in [0, 0.1) is 40.4 Å². The smallest absolute Gasteiger partial charge is 0.133 e. The molecule has 4 aliphatic rings. The van der Waals surface area contributed by atoms with Crippen molar-refractivity contribution in [2.24, 2.45) is 40.4 Å². The number of ether oxygens (including phenoxy) is 1. The molecule has 0 unspecified atom stereocenters. The van der Waals surface area contributed by atoms with Gasteiger partial charge in [0, 0.05) is 12.5 Å². The van der Waals surface area contributed by atoms with Crippen LogP contribution in [0.25, 0.3) is 0 Å². The highest BCUT2D eigenvalue weighted by Gasteiger charge is 2.61. The predicted octanol–water partition coefficient (Wildman–Crippen LogP) is 5.00. The van der Waals surface area contributed by atoms with E-state index < -0.39 is 5.60 Å². The summed E-state index contributed by atoms with van der Waals surface area (Å²) in [4.78, 5) is 12.3. The fraction of sp³-hybridized carbons (Fsp3) is 0.958. The molecule has 0 aliphatic heterocycles. The van der Waals surface area contributed by atoms with E-state index in [2.05, 4.69) is 13.8 Å². The second kappa shape index (κ2) is 6.83. The Morgan fingerprint density at radius 1 is 1.00 bits per heavy atom. The molecular formula is C24H40O3. The molecule has 4 fully saturated rings. The van der Waals surface area contributed by atoms with E-state index >= 15 is 0 Å². The molecule has 0 aromatic rings. The lowest BCUT2D eigenvalue weighted by atomic mass is 9.44. The Bertz CT molecular complexity index is 588. The number of hydrogen-bond acceptors (Lipinski definition) is 3. The zero-order valence-electron chi connectivity index (χ0n) is 17.9. The van der Waals surface area contributed by atoms with Crippen LogP contribution in [0.4, 0.5) is 0 Å². The molecule has 0 radical (unpaired) electrons. The van der Waals surface area contributed by atoms with Crippen molar-refractivity contribution >= 4 is 5.78 Å². The zero-order valence-corrected chi connectivity index (χ0v) is 17.9. The van der Waals surface area contributed by atoms with Crippen molar-refractivity contribution < 1.29 is 14.6 Å². The molecule has 3 nitrogen and oxygen atoms in total. The third-order valence-electron chi connectivity index (χ3n) is 9.89. The molecule has 154 valence electrons. The molecule has 0 saturated heterocycles. The van der Waals surface area contributed by atoms with Crippen LogP contribution in [0.1, 0.15) is 85.5 Å². The minimum Gasteiger partial charge on any atom is -0.387 e. The second-order valence-corrected chi connectivity index (χ2v) is 11.0. The van der Waals surface area contributed by atoms with E-state index in [-0.39, 0.29) is 5.41 Å². The van der Waals surface area contributed by atoms with Gasteiger partial charge in [-0.2, -0.15) is 0 Å². The molecule has 27 heavy (non-hydrogen) atoms. The van der Waals surface area contributed by atoms with E-state index in [0.29, 0.717) is 36.2 Å². The Labute approximate surface area is 165 Å². The number of rotatable bonds is 4. The number of carbonyl (C=O) groups excluding carboxylic acids is 1. The highest BCUT2D eigenvalue weighted by atomic mass is 16.5. The van der Waals surface area contributed by atoms with Gasteiger partial charge in [0.15, 0.2) is 0 Å². The molecule has 0 amide bonds. The molecular weight excluding hydrogens is 336 g/mol. The third kappa shape index (κ3) is 3.03. The minimum atomic E-state index is -0.608. The van der Waals surface area contributed by atoms with E-state index in [0.717, 1.165) is 43.4 Å². The summed E-state index contributed by atoms with van der Waals surface area (Å²) in [5.74, 6) is 3.69. The van der Waals surface area contributed by atoms with Crippen LogP contribution in [-0.2, 0) is 9.53 Å². The summed E-state index contributed by atoms with van der Waals surface area (Å²) in [5, 5.41) is 11.1. The van der Waals surface area contributed by atoms with Gasteiger partial charge < -0.3 is 9.84 Å². The van der Waals surface area contributed by atoms with Gasteiger partial charge in [-0.15, -0.1) is 0 Å². The molecule has 4 rings (SSSR count). The first-order valence-electron chi connectivity index (χ1n) is 11.5. The molecule has 4 aliphatic carbocycles. The Kier molecular flexibility index (Phi) is 5.03. The van der Waals surface area contributed by atoms with Crippen molar-refractivity contribution in [2.75, 3.05) is 13.2 Å². The van der Waals surface area contributed by atoms with Gasteiger partial charge in [-0.25, -0.2) is 0 Å². The van der Waals surface area contributed by atoms with Crippen molar-refractivity contribution in [3.05, 3.63) is 0 Å². The van der Waals surface area contributed by atoms with Crippen molar-refractivity contribution in [2.45, 2.75) is 91.1 Å². The van der Waals surface area contributed by atoms with Gasteiger partial charge in [-0.1, -0.05) is 13.8 Å². The highest BCUT2D eigenvalue weighted by molar-refractivity contribution is 5.79. The van der Waals surface area contributed by atoms with Crippen LogP contribution < -0.4 is 0 Å². The largest absolute Gasteiger partial charge is 0.387 e. The number of ketones is 1. The van der Waals surface area contributed by atoms with Crippen LogP contribution in [0.3, 0.4) is 0 Å². The lowest BCUT2D eigenvalue weighted by molar-refractivity contribution is -0.165. The van der Waals surface area contributed by atoms with Gasteiger partial charge in [0.25, 0.3) is 0 Å². The van der Waals surface area contributed by atoms with E-state index in [9.17, 15) is 9.90 Å². The molecule has 0 spiro atoms. The maximum absolute atomic E-state index is 12.3. The maximum Gasteiger partial charge on any atom is 0.133 e. The van der Waals surface area contributed by atoms with E-state index in [1.807, 2.05) is 13.8 Å². The average Bonchev–Trinajstić information content (AvgIpc) is 2.98. The first-order chi connectivity index (χ1) is 12.7. The predicted molar refractivity (Wildman–Crippen MR) is 107 cm³/mol. The van der Waals surface area contributed by atoms with Crippen molar-refractivity contribution in [1.82, 2.24) is 0 Å². The fourth-order valence-corrected chi connectivity index (χ4v) is 8.41. The topological polar surface area (TPSA) is 46.5 Å². The minimum absolute atomic E-state index is 0.251. The number of aliphatic hydroxyl groups is 1. The first-order valence-corrected chi connectivity index (χ1v) is 11.5. The van der Waals surface area contributed by atoms with Crippen LogP contribution >= 0.6 is 0 Å². The van der Waals surface area contributed by atoms with Crippen molar-refractivity contribution in [1.29, 1.82) is 0 Å². The lowest BCUT2D eigenvalue weighted by Crippen LogP contribution is -2.56. The summed E-state index contributed by atoms with van der Waals surface area (Å²) in [5.41, 5.74) is 0.0147. The molecule has 0 aromatic heterocycles. The van der Waals surface area contributed by atoms with Gasteiger partial charge in [0.05, 0.1) is 12.2 Å². The van der Waals surface area contributed by atoms with Crippen LogP contribution in [-0.4, -0.2) is 29.7 Å². The summed E-state index contributed by atoms with van der Waals surface area (Å²) in [6.07, 6.45) is 10.4. The molecule has 8 atom stereocenters. The molecule has 1 N–H and O–H groups in total. The van der Waals surface area contributed by atoms with E-state index in [1.54, 1.807) is 0 Å². The Hall–Kier alpha value is -0.410. The maximum atomic E-state index is 12.3. The normalized spacial score (nSPS) is 52.0. The SMILES string of the molecule is CCOC[C@@]1(O)CC[C@@]2(C)[C@@H](CC[C@@H]3[C@@H]2CC[C@]2(C)[C@@H](C(C)=O)CC[C@@H]32)C1. The Morgan fingerprint density at radius 3 is 2.44 bits per heavy atom. The summed E-state index contributed by atoms with van der Waals surface area (Å²) in [6, 6.07) is 0. The van der Waals surface area contributed by atoms with Crippen LogP contribution in [0.5, 0.6) is 0 Å². The van der Waals surface area contributed by atoms with E-state index in [1.165, 1.54) is 32.1 Å². The highest BCUT2D eigenvalue weighted by Crippen LogP contribution is 2.68. The quantitative estimate of drug-likeness (QED) is 0.751. The molecule has 0 heterocycles. The van der Waals surface area contributed by atoms with Crippen LogP contribution in [0.2, 0.25) is 0 Å². The standard InChI is InChI=1S/C24H40O3/c1-5-27-15-24(26)13-12-22(3)17(14-24)6-7-18-20-9-8-19(16(2)25)23(20,4)11-10-21(18)22/h17-21,26H,5-15H2,1-4H3/t17-,18-,19+,20-,21-,22-,23+,24+/m0/s1. The number of fused-ring (bicyclic) bond motifs is 5. The molecule has 0 bridgehead atoms. The van der Waals surface area contributed by atoms with E-state index in [4.69, 9.17) is 4.74 Å². The van der Waals surface area contributed by atoms with Gasteiger partial charge in [-0.05, 0) is 106 Å². The van der Waals surface area contributed by atoms with Gasteiger partial charge in [0.2, 0.25) is 0 Å². The average molecular weight is 377 g/mol. The number of carbonyl (C=O) groups is 1. The number of Topliss-reactive ketones (excluding diaryl/α,β-unsaturated/α-hetero) is 1. The number of hydrogen-bond donors (Lipinski definition) is 1.